The summed E-state index contributed by atoms with van der Waals surface area (Å²) >= 11 is 0. The minimum absolute atomic E-state index is 0.0368. The highest BCUT2D eigenvalue weighted by Gasteiger charge is 2.32. The largest absolute Gasteiger partial charge is 0.479 e. The lowest BCUT2D eigenvalue weighted by atomic mass is 10.1. The topological polar surface area (TPSA) is 165 Å². The van der Waals surface area contributed by atoms with E-state index in [4.69, 9.17) is 14.2 Å². The number of aliphatic carboxylic acids is 1. The van der Waals surface area contributed by atoms with E-state index in [2.05, 4.69) is 10.3 Å². The van der Waals surface area contributed by atoms with Gasteiger partial charge in [0.1, 0.15) is 23.1 Å². The molecule has 1 aliphatic rings. The van der Waals surface area contributed by atoms with Gasteiger partial charge in [0, 0.05) is 44.1 Å². The summed E-state index contributed by atoms with van der Waals surface area (Å²) in [4.78, 5) is 71.2. The number of aryl methyl sites for hydroxylation is 1. The molecule has 246 valence electrons. The third-order valence-electron chi connectivity index (χ3n) is 7.05. The summed E-state index contributed by atoms with van der Waals surface area (Å²) in [6, 6.07) is 5.52. The van der Waals surface area contributed by atoms with Crippen molar-refractivity contribution in [3.05, 3.63) is 35.5 Å². The van der Waals surface area contributed by atoms with Crippen LogP contribution in [0.3, 0.4) is 0 Å². The molecule has 2 aromatic rings. The average Bonchev–Trinajstić information content (AvgIpc) is 2.97. The van der Waals surface area contributed by atoms with Gasteiger partial charge < -0.3 is 34.4 Å². The van der Waals surface area contributed by atoms with E-state index in [1.165, 1.54) is 22.8 Å². The van der Waals surface area contributed by atoms with E-state index in [-0.39, 0.29) is 50.5 Å². The SMILES string of the molecule is CCCCOC(=O)N1CCN(C(=O)C(CCC(=O)OC(C)(C)C)NC(=O)c2cc(OC(C)C(=O)O)c3ccc(C)cc3n2)CC1. The molecule has 13 nitrogen and oxygen atoms in total. The van der Waals surface area contributed by atoms with Gasteiger partial charge in [0.25, 0.3) is 5.91 Å². The number of pyridine rings is 1. The zero-order valence-corrected chi connectivity index (χ0v) is 26.9. The van der Waals surface area contributed by atoms with Crippen LogP contribution in [0, 0.1) is 6.92 Å². The van der Waals surface area contributed by atoms with Crippen molar-refractivity contribution in [2.75, 3.05) is 32.8 Å². The summed E-state index contributed by atoms with van der Waals surface area (Å²) in [5.41, 5.74) is 0.464. The van der Waals surface area contributed by atoms with Gasteiger partial charge in [-0.2, -0.15) is 0 Å². The summed E-state index contributed by atoms with van der Waals surface area (Å²) in [6.45, 7) is 11.7. The fraction of sp³-hybridized carbons (Fsp3) is 0.562. The second-order valence-electron chi connectivity index (χ2n) is 12.1. The number of carboxylic acids is 1. The number of nitrogens with one attached hydrogen (secondary N) is 1. The Morgan fingerprint density at radius 2 is 1.71 bits per heavy atom. The molecule has 2 heterocycles. The van der Waals surface area contributed by atoms with Crippen LogP contribution >= 0.6 is 0 Å². The predicted octanol–water partition coefficient (Wildman–Crippen LogP) is 3.70. The number of nitrogens with zero attached hydrogens (tertiary/aromatic N) is 3. The number of fused-ring (bicyclic) bond motifs is 1. The third-order valence-corrected chi connectivity index (χ3v) is 7.05. The average molecular weight is 629 g/mol. The van der Waals surface area contributed by atoms with Gasteiger partial charge in [-0.05, 0) is 65.2 Å². The van der Waals surface area contributed by atoms with E-state index in [1.807, 2.05) is 19.9 Å². The highest BCUT2D eigenvalue weighted by atomic mass is 16.6. The number of hydrogen-bond acceptors (Lipinski definition) is 9. The van der Waals surface area contributed by atoms with Crippen molar-refractivity contribution < 1.29 is 43.3 Å². The summed E-state index contributed by atoms with van der Waals surface area (Å²) in [7, 11) is 0. The number of esters is 1. The van der Waals surface area contributed by atoms with Gasteiger partial charge in [0.15, 0.2) is 6.10 Å². The second kappa shape index (κ2) is 15.5. The molecule has 0 radical (unpaired) electrons. The number of aromatic nitrogens is 1. The van der Waals surface area contributed by atoms with E-state index < -0.39 is 47.6 Å². The molecule has 13 heteroatoms. The van der Waals surface area contributed by atoms with Gasteiger partial charge in [0.2, 0.25) is 5.91 Å². The van der Waals surface area contributed by atoms with Crippen LogP contribution < -0.4 is 10.1 Å². The summed E-state index contributed by atoms with van der Waals surface area (Å²) in [5, 5.41) is 12.6. The lowest BCUT2D eigenvalue weighted by Gasteiger charge is -2.36. The molecular formula is C32H44N4O9. The number of ether oxygens (including phenoxy) is 3. The highest BCUT2D eigenvalue weighted by molar-refractivity contribution is 5.99. The Morgan fingerprint density at radius 1 is 1.04 bits per heavy atom. The quantitative estimate of drug-likeness (QED) is 0.262. The first-order valence-corrected chi connectivity index (χ1v) is 15.2. The standard InChI is InChI=1S/C32H44N4O9/c1-7-8-17-43-31(42)36-15-13-35(14-16-36)29(39)23(11-12-27(37)45-32(4,5)6)34-28(38)25-19-26(44-21(3)30(40)41)22-10-9-20(2)18-24(22)33-25/h9-10,18-19,21,23H,7-8,11-17H2,1-6H3,(H,34,38)(H,40,41). The molecule has 2 atom stereocenters. The molecule has 0 bridgehead atoms. The van der Waals surface area contributed by atoms with Gasteiger partial charge in [0.05, 0.1) is 12.1 Å². The van der Waals surface area contributed by atoms with E-state index >= 15 is 0 Å². The van der Waals surface area contributed by atoms with Crippen molar-refractivity contribution in [1.82, 2.24) is 20.1 Å². The normalized spacial score (nSPS) is 14.8. The molecule has 0 saturated carbocycles. The van der Waals surface area contributed by atoms with E-state index in [0.717, 1.165) is 18.4 Å². The lowest BCUT2D eigenvalue weighted by Crippen LogP contribution is -2.56. The molecule has 0 aliphatic carbocycles. The molecule has 1 aliphatic heterocycles. The smallest absolute Gasteiger partial charge is 0.409 e. The molecule has 1 aromatic carbocycles. The van der Waals surface area contributed by atoms with Crippen LogP contribution in [0.4, 0.5) is 4.79 Å². The third kappa shape index (κ3) is 10.3. The van der Waals surface area contributed by atoms with Crippen LogP contribution in [0.1, 0.15) is 76.4 Å². The van der Waals surface area contributed by atoms with Crippen LogP contribution in [-0.4, -0.2) is 100 Å². The summed E-state index contributed by atoms with van der Waals surface area (Å²) in [6.07, 6.45) is -0.133. The first kappa shape index (κ1) is 35.1. The maximum atomic E-state index is 13.7. The van der Waals surface area contributed by atoms with E-state index in [1.54, 1.807) is 32.9 Å². The Balaban J connectivity index is 1.82. The fourth-order valence-electron chi connectivity index (χ4n) is 4.63. The lowest BCUT2D eigenvalue weighted by molar-refractivity contribution is -0.155. The fourth-order valence-corrected chi connectivity index (χ4v) is 4.63. The van der Waals surface area contributed by atoms with Crippen LogP contribution in [0.5, 0.6) is 5.75 Å². The van der Waals surface area contributed by atoms with Crippen molar-refractivity contribution in [2.24, 2.45) is 0 Å². The Labute approximate surface area is 263 Å². The zero-order valence-electron chi connectivity index (χ0n) is 26.9. The minimum atomic E-state index is -1.20. The van der Waals surface area contributed by atoms with Crippen molar-refractivity contribution in [3.8, 4) is 5.75 Å². The number of unbranched alkanes of at least 4 members (excludes halogenated alkanes) is 1. The Morgan fingerprint density at radius 3 is 2.33 bits per heavy atom. The van der Waals surface area contributed by atoms with Crippen LogP contribution in [-0.2, 0) is 23.9 Å². The molecule has 3 amide bonds. The van der Waals surface area contributed by atoms with E-state index in [9.17, 15) is 29.1 Å². The Bertz CT molecular complexity index is 1400. The molecule has 1 fully saturated rings. The van der Waals surface area contributed by atoms with E-state index in [0.29, 0.717) is 17.5 Å². The van der Waals surface area contributed by atoms with Crippen LogP contribution in [0.2, 0.25) is 0 Å². The molecule has 0 spiro atoms. The molecule has 2 unspecified atom stereocenters. The number of piperazine rings is 1. The molecular weight excluding hydrogens is 584 g/mol. The monoisotopic (exact) mass is 628 g/mol. The molecule has 3 rings (SSSR count). The number of benzene rings is 1. The number of carbonyl (C=O) groups excluding carboxylic acids is 4. The Hall–Kier alpha value is -4.42. The number of carbonyl (C=O) groups is 5. The highest BCUT2D eigenvalue weighted by Crippen LogP contribution is 2.28. The molecule has 2 N–H and O–H groups in total. The number of rotatable bonds is 12. The first-order chi connectivity index (χ1) is 21.2. The molecule has 45 heavy (non-hydrogen) atoms. The van der Waals surface area contributed by atoms with Gasteiger partial charge in [-0.1, -0.05) is 19.4 Å². The Kier molecular flexibility index (Phi) is 12.1. The predicted molar refractivity (Wildman–Crippen MR) is 165 cm³/mol. The van der Waals surface area contributed by atoms with Crippen molar-refractivity contribution >= 4 is 40.7 Å². The van der Waals surface area contributed by atoms with Crippen molar-refractivity contribution in [2.45, 2.75) is 85.0 Å². The van der Waals surface area contributed by atoms with Crippen LogP contribution in [0.15, 0.2) is 24.3 Å². The maximum absolute atomic E-state index is 13.7. The van der Waals surface area contributed by atoms with Gasteiger partial charge in [-0.15, -0.1) is 0 Å². The summed E-state index contributed by atoms with van der Waals surface area (Å²) < 4.78 is 16.3. The van der Waals surface area contributed by atoms with Gasteiger partial charge in [-0.25, -0.2) is 14.6 Å². The summed E-state index contributed by atoms with van der Waals surface area (Å²) in [5.74, 6) is -2.67. The number of hydrogen-bond donors (Lipinski definition) is 2. The van der Waals surface area contributed by atoms with Gasteiger partial charge >= 0.3 is 18.0 Å². The van der Waals surface area contributed by atoms with Crippen molar-refractivity contribution in [3.63, 3.8) is 0 Å². The maximum Gasteiger partial charge on any atom is 0.409 e. The van der Waals surface area contributed by atoms with Crippen LogP contribution in [0.25, 0.3) is 10.9 Å². The minimum Gasteiger partial charge on any atom is -0.479 e. The number of carboxylic acid groups (broad SMARTS) is 1. The first-order valence-electron chi connectivity index (χ1n) is 15.2. The molecule has 1 saturated heterocycles. The molecule has 1 aromatic heterocycles. The van der Waals surface area contributed by atoms with Crippen molar-refractivity contribution in [1.29, 1.82) is 0 Å². The number of amides is 3. The van der Waals surface area contributed by atoms with Gasteiger partial charge in [-0.3, -0.25) is 14.4 Å². The zero-order chi connectivity index (χ0) is 33.3. The second-order valence-corrected chi connectivity index (χ2v) is 12.1.